The van der Waals surface area contributed by atoms with E-state index in [-0.39, 0.29) is 0 Å². The fourth-order valence-corrected chi connectivity index (χ4v) is 2.06. The number of nitrogens with one attached hydrogen (secondary N) is 1. The number of anilines is 1. The lowest BCUT2D eigenvalue weighted by Gasteiger charge is -2.08. The Bertz CT molecular complexity index is 517. The lowest BCUT2D eigenvalue weighted by Crippen LogP contribution is -2.08. The van der Waals surface area contributed by atoms with Crippen molar-refractivity contribution in [3.05, 3.63) is 41.7 Å². The van der Waals surface area contributed by atoms with Crippen LogP contribution >= 0.6 is 0 Å². The molecule has 0 spiro atoms. The van der Waals surface area contributed by atoms with E-state index in [4.69, 9.17) is 4.74 Å². The molecule has 0 bridgehead atoms. The highest BCUT2D eigenvalue weighted by molar-refractivity contribution is 5.30. The van der Waals surface area contributed by atoms with Crippen molar-refractivity contribution in [2.75, 3.05) is 19.0 Å². The lowest BCUT2D eigenvalue weighted by molar-refractivity contribution is 0.414. The highest BCUT2D eigenvalue weighted by atomic mass is 16.5. The van der Waals surface area contributed by atoms with E-state index >= 15 is 0 Å². The zero-order valence-electron chi connectivity index (χ0n) is 11.8. The highest BCUT2D eigenvalue weighted by Gasteiger charge is 2.04. The van der Waals surface area contributed by atoms with Gasteiger partial charge in [-0.05, 0) is 38.0 Å². The third-order valence-corrected chi connectivity index (χ3v) is 3.03. The molecule has 1 N–H and O–H groups in total. The van der Waals surface area contributed by atoms with Gasteiger partial charge in [-0.3, -0.25) is 0 Å². The Hall–Kier alpha value is -1.97. The molecule has 1 aromatic carbocycles. The number of benzene rings is 1. The Morgan fingerprint density at radius 2 is 2.00 bits per heavy atom. The van der Waals surface area contributed by atoms with Crippen LogP contribution in [0.3, 0.4) is 0 Å². The summed E-state index contributed by atoms with van der Waals surface area (Å²) in [4.78, 5) is 4.47. The number of hydrogen-bond acceptors (Lipinski definition) is 3. The van der Waals surface area contributed by atoms with Gasteiger partial charge in [0.2, 0.25) is 5.95 Å². The topological polar surface area (TPSA) is 39.1 Å². The predicted molar refractivity (Wildman–Crippen MR) is 77.8 cm³/mol. The zero-order valence-corrected chi connectivity index (χ0v) is 11.8. The first-order chi connectivity index (χ1) is 9.22. The average molecular weight is 259 g/mol. The normalized spacial score (nSPS) is 10.5. The lowest BCUT2D eigenvalue weighted by atomic mass is 10.1. The van der Waals surface area contributed by atoms with Crippen LogP contribution in [-0.4, -0.2) is 23.2 Å². The van der Waals surface area contributed by atoms with Crippen LogP contribution in [0.5, 0.6) is 5.75 Å². The van der Waals surface area contributed by atoms with Crippen molar-refractivity contribution >= 4 is 5.95 Å². The van der Waals surface area contributed by atoms with Crippen molar-refractivity contribution in [2.24, 2.45) is 0 Å². The molecule has 2 aromatic rings. The van der Waals surface area contributed by atoms with Crippen LogP contribution in [0.1, 0.15) is 18.2 Å². The first-order valence-corrected chi connectivity index (χ1v) is 6.63. The summed E-state index contributed by atoms with van der Waals surface area (Å²) in [7, 11) is 1.69. The minimum Gasteiger partial charge on any atom is -0.497 e. The summed E-state index contributed by atoms with van der Waals surface area (Å²) in [5.41, 5.74) is 2.35. The van der Waals surface area contributed by atoms with E-state index in [0.717, 1.165) is 36.9 Å². The van der Waals surface area contributed by atoms with Gasteiger partial charge in [-0.15, -0.1) is 0 Å². The van der Waals surface area contributed by atoms with Crippen LogP contribution in [0.4, 0.5) is 5.95 Å². The molecule has 0 amide bonds. The maximum absolute atomic E-state index is 5.16. The SMILES string of the molecule is CCNc1nc(C)cn1CCc1ccc(OC)cc1. The summed E-state index contributed by atoms with van der Waals surface area (Å²) in [6.45, 7) is 5.91. The van der Waals surface area contributed by atoms with E-state index < -0.39 is 0 Å². The highest BCUT2D eigenvalue weighted by Crippen LogP contribution is 2.14. The second kappa shape index (κ2) is 6.27. The number of methoxy groups -OCH3 is 1. The molecular formula is C15H21N3O. The van der Waals surface area contributed by atoms with Gasteiger partial charge in [-0.25, -0.2) is 4.98 Å². The van der Waals surface area contributed by atoms with E-state index in [1.165, 1.54) is 5.56 Å². The number of ether oxygens (including phenoxy) is 1. The minimum atomic E-state index is 0.888. The van der Waals surface area contributed by atoms with Gasteiger partial charge in [0, 0.05) is 19.3 Å². The molecule has 4 nitrogen and oxygen atoms in total. The first kappa shape index (κ1) is 13.5. The van der Waals surface area contributed by atoms with Crippen LogP contribution in [0.25, 0.3) is 0 Å². The Balaban J connectivity index is 2.01. The molecule has 0 radical (unpaired) electrons. The van der Waals surface area contributed by atoms with E-state index in [9.17, 15) is 0 Å². The van der Waals surface area contributed by atoms with Gasteiger partial charge >= 0.3 is 0 Å². The third-order valence-electron chi connectivity index (χ3n) is 3.03. The van der Waals surface area contributed by atoms with Gasteiger partial charge in [0.25, 0.3) is 0 Å². The second-order valence-electron chi connectivity index (χ2n) is 4.53. The summed E-state index contributed by atoms with van der Waals surface area (Å²) in [6, 6.07) is 8.21. The monoisotopic (exact) mass is 259 g/mol. The van der Waals surface area contributed by atoms with Gasteiger partial charge in [-0.1, -0.05) is 12.1 Å². The standard InChI is InChI=1S/C15H21N3O/c1-4-16-15-17-12(2)11-18(15)10-9-13-5-7-14(19-3)8-6-13/h5-8,11H,4,9-10H2,1-3H3,(H,16,17). The Kier molecular flexibility index (Phi) is 4.44. The number of imidazole rings is 1. The quantitative estimate of drug-likeness (QED) is 0.867. The van der Waals surface area contributed by atoms with Crippen LogP contribution in [-0.2, 0) is 13.0 Å². The second-order valence-corrected chi connectivity index (χ2v) is 4.53. The molecule has 0 aliphatic heterocycles. The maximum Gasteiger partial charge on any atom is 0.203 e. The maximum atomic E-state index is 5.16. The van der Waals surface area contributed by atoms with Crippen LogP contribution < -0.4 is 10.1 Å². The van der Waals surface area contributed by atoms with Crippen molar-refractivity contribution in [1.82, 2.24) is 9.55 Å². The van der Waals surface area contributed by atoms with E-state index in [2.05, 4.69) is 40.1 Å². The molecule has 2 rings (SSSR count). The van der Waals surface area contributed by atoms with E-state index in [0.29, 0.717) is 0 Å². The largest absolute Gasteiger partial charge is 0.497 e. The van der Waals surface area contributed by atoms with E-state index in [1.54, 1.807) is 7.11 Å². The third kappa shape index (κ3) is 3.50. The van der Waals surface area contributed by atoms with Crippen molar-refractivity contribution in [2.45, 2.75) is 26.8 Å². The van der Waals surface area contributed by atoms with Crippen LogP contribution in [0.2, 0.25) is 0 Å². The Morgan fingerprint density at radius 1 is 1.26 bits per heavy atom. The molecule has 4 heteroatoms. The zero-order chi connectivity index (χ0) is 13.7. The summed E-state index contributed by atoms with van der Waals surface area (Å²) in [5, 5.41) is 3.28. The van der Waals surface area contributed by atoms with E-state index in [1.807, 2.05) is 19.1 Å². The number of hydrogen-bond donors (Lipinski definition) is 1. The van der Waals surface area contributed by atoms with Crippen molar-refractivity contribution in [3.63, 3.8) is 0 Å². The number of aromatic nitrogens is 2. The molecule has 0 fully saturated rings. The molecule has 0 aliphatic carbocycles. The molecule has 0 unspecified atom stereocenters. The number of rotatable bonds is 6. The molecular weight excluding hydrogens is 238 g/mol. The van der Waals surface area contributed by atoms with Crippen molar-refractivity contribution in [3.8, 4) is 5.75 Å². The molecule has 1 heterocycles. The predicted octanol–water partition coefficient (Wildman–Crippen LogP) is 2.87. The number of aryl methyl sites for hydroxylation is 3. The van der Waals surface area contributed by atoms with Crippen LogP contribution in [0.15, 0.2) is 30.5 Å². The van der Waals surface area contributed by atoms with Gasteiger partial charge < -0.3 is 14.6 Å². The summed E-state index contributed by atoms with van der Waals surface area (Å²) in [6.07, 6.45) is 3.07. The van der Waals surface area contributed by atoms with Gasteiger partial charge in [0.05, 0.1) is 12.8 Å². The van der Waals surface area contributed by atoms with Gasteiger partial charge in [0.15, 0.2) is 0 Å². The molecule has 0 aliphatic rings. The van der Waals surface area contributed by atoms with Gasteiger partial charge in [0.1, 0.15) is 5.75 Å². The molecule has 0 atom stereocenters. The first-order valence-electron chi connectivity index (χ1n) is 6.63. The van der Waals surface area contributed by atoms with Crippen LogP contribution in [0, 0.1) is 6.92 Å². The summed E-state index contributed by atoms with van der Waals surface area (Å²) < 4.78 is 7.33. The fraction of sp³-hybridized carbons (Fsp3) is 0.400. The summed E-state index contributed by atoms with van der Waals surface area (Å²) >= 11 is 0. The summed E-state index contributed by atoms with van der Waals surface area (Å²) in [5.74, 6) is 1.85. The Labute approximate surface area is 114 Å². The minimum absolute atomic E-state index is 0.888. The molecule has 102 valence electrons. The van der Waals surface area contributed by atoms with Gasteiger partial charge in [-0.2, -0.15) is 0 Å². The van der Waals surface area contributed by atoms with Crippen molar-refractivity contribution < 1.29 is 4.74 Å². The fourth-order valence-electron chi connectivity index (χ4n) is 2.06. The molecule has 19 heavy (non-hydrogen) atoms. The smallest absolute Gasteiger partial charge is 0.203 e. The molecule has 0 saturated carbocycles. The number of nitrogens with zero attached hydrogens (tertiary/aromatic N) is 2. The average Bonchev–Trinajstić information content (AvgIpc) is 2.78. The van der Waals surface area contributed by atoms with Crippen molar-refractivity contribution in [1.29, 1.82) is 0 Å². The molecule has 0 saturated heterocycles. The Morgan fingerprint density at radius 3 is 2.63 bits per heavy atom. The molecule has 1 aromatic heterocycles.